The van der Waals surface area contributed by atoms with Gasteiger partial charge in [-0.15, -0.1) is 0 Å². The number of hydroxylamine groups is 1. The van der Waals surface area contributed by atoms with E-state index in [9.17, 15) is 5.21 Å². The molecular formula is C13H21N3O3. The van der Waals surface area contributed by atoms with Crippen molar-refractivity contribution in [2.45, 2.75) is 38.3 Å². The zero-order valence-corrected chi connectivity index (χ0v) is 11.3. The highest BCUT2D eigenvalue weighted by Gasteiger charge is 2.53. The van der Waals surface area contributed by atoms with Crippen molar-refractivity contribution in [3.05, 3.63) is 5.21 Å². The van der Waals surface area contributed by atoms with E-state index in [1.165, 1.54) is 4.74 Å². The fourth-order valence-corrected chi connectivity index (χ4v) is 3.67. The molecule has 6 nitrogen and oxygen atoms in total. The average molecular weight is 267 g/mol. The molecule has 0 spiro atoms. The van der Waals surface area contributed by atoms with E-state index < -0.39 is 5.66 Å². The molecule has 0 bridgehead atoms. The molecule has 2 atom stereocenters. The summed E-state index contributed by atoms with van der Waals surface area (Å²) in [5.74, 6) is 0.0316. The van der Waals surface area contributed by atoms with Gasteiger partial charge in [0, 0.05) is 32.9 Å². The molecule has 0 aromatic rings. The van der Waals surface area contributed by atoms with Gasteiger partial charge in [-0.1, -0.05) is 5.16 Å². The van der Waals surface area contributed by atoms with Crippen LogP contribution in [0.4, 0.5) is 0 Å². The second-order valence-electron chi connectivity index (χ2n) is 5.80. The Kier molecular flexibility index (Phi) is 3.22. The molecule has 3 rings (SSSR count). The van der Waals surface area contributed by atoms with Crippen molar-refractivity contribution in [1.29, 1.82) is 0 Å². The van der Waals surface area contributed by atoms with Crippen LogP contribution in [0.1, 0.15) is 32.6 Å². The summed E-state index contributed by atoms with van der Waals surface area (Å²) < 4.78 is 6.56. The fourth-order valence-electron chi connectivity index (χ4n) is 3.67. The van der Waals surface area contributed by atoms with Gasteiger partial charge in [0.2, 0.25) is 5.66 Å². The summed E-state index contributed by atoms with van der Waals surface area (Å²) in [6, 6.07) is 0. The standard InChI is InChI=1S/C13H21N3O3/c1-13(15-5-7-19-8-6-15)9-10-11(14-17)3-2-4-12(10)16(13)18/h10,17H,2-9H2,1H3. The van der Waals surface area contributed by atoms with E-state index >= 15 is 0 Å². The van der Waals surface area contributed by atoms with Gasteiger partial charge < -0.3 is 15.2 Å². The monoisotopic (exact) mass is 267 g/mol. The molecule has 1 N–H and O–H groups in total. The number of hydrogen-bond donors (Lipinski definition) is 1. The lowest BCUT2D eigenvalue weighted by Crippen LogP contribution is -2.55. The Balaban J connectivity index is 1.90. The van der Waals surface area contributed by atoms with Crippen molar-refractivity contribution in [3.8, 4) is 0 Å². The normalized spacial score (nSPS) is 38.8. The van der Waals surface area contributed by atoms with Gasteiger partial charge in [-0.2, -0.15) is 4.74 Å². The third-order valence-electron chi connectivity index (χ3n) is 4.78. The van der Waals surface area contributed by atoms with Crippen molar-refractivity contribution in [3.63, 3.8) is 0 Å². The van der Waals surface area contributed by atoms with Crippen LogP contribution in [0.5, 0.6) is 0 Å². The Labute approximate surface area is 112 Å². The number of oxime groups is 1. The molecule has 6 heteroatoms. The quantitative estimate of drug-likeness (QED) is 0.333. The van der Waals surface area contributed by atoms with Crippen LogP contribution in [-0.4, -0.2) is 58.2 Å². The predicted octanol–water partition coefficient (Wildman–Crippen LogP) is 1.02. The van der Waals surface area contributed by atoms with E-state index in [0.717, 1.165) is 50.2 Å². The van der Waals surface area contributed by atoms with Gasteiger partial charge in [-0.25, -0.2) is 4.90 Å². The van der Waals surface area contributed by atoms with Gasteiger partial charge in [0.05, 0.1) is 24.8 Å². The second kappa shape index (κ2) is 4.76. The van der Waals surface area contributed by atoms with Gasteiger partial charge in [0.25, 0.3) is 0 Å². The molecular weight excluding hydrogens is 246 g/mol. The van der Waals surface area contributed by atoms with Gasteiger partial charge in [0.1, 0.15) is 0 Å². The molecule has 0 aromatic heterocycles. The SMILES string of the molecule is CC1(N2CCOCC2)CC2C(=NO)CCCC2=[N+]1[O-]. The molecule has 1 saturated carbocycles. The third kappa shape index (κ3) is 1.94. The van der Waals surface area contributed by atoms with E-state index in [0.29, 0.717) is 13.2 Å². The van der Waals surface area contributed by atoms with Gasteiger partial charge >= 0.3 is 0 Å². The first-order chi connectivity index (χ1) is 9.16. The summed E-state index contributed by atoms with van der Waals surface area (Å²) in [5, 5.41) is 25.2. The topological polar surface area (TPSA) is 71.1 Å². The lowest BCUT2D eigenvalue weighted by molar-refractivity contribution is -0.572. The van der Waals surface area contributed by atoms with Crippen LogP contribution in [0.25, 0.3) is 0 Å². The Morgan fingerprint density at radius 3 is 2.84 bits per heavy atom. The Morgan fingerprint density at radius 2 is 2.16 bits per heavy atom. The van der Waals surface area contributed by atoms with Crippen LogP contribution in [0.3, 0.4) is 0 Å². The second-order valence-corrected chi connectivity index (χ2v) is 5.80. The Hall–Kier alpha value is -1.14. The largest absolute Gasteiger partial charge is 0.622 e. The summed E-state index contributed by atoms with van der Waals surface area (Å²) in [7, 11) is 0. The smallest absolute Gasteiger partial charge is 0.227 e. The number of rotatable bonds is 1. The Bertz CT molecular complexity index is 429. The van der Waals surface area contributed by atoms with E-state index in [1.807, 2.05) is 6.92 Å². The number of morpholine rings is 1. The number of nitrogens with zero attached hydrogens (tertiary/aromatic N) is 3. The van der Waals surface area contributed by atoms with E-state index in [4.69, 9.17) is 9.94 Å². The molecule has 1 saturated heterocycles. The average Bonchev–Trinajstić information content (AvgIpc) is 2.73. The maximum Gasteiger partial charge on any atom is 0.227 e. The van der Waals surface area contributed by atoms with Crippen molar-refractivity contribution in [2.75, 3.05) is 26.3 Å². The van der Waals surface area contributed by atoms with Gasteiger partial charge in [-0.3, -0.25) is 0 Å². The summed E-state index contributed by atoms with van der Waals surface area (Å²) in [6.07, 6.45) is 3.26. The van der Waals surface area contributed by atoms with Crippen molar-refractivity contribution < 1.29 is 14.7 Å². The van der Waals surface area contributed by atoms with Crippen molar-refractivity contribution >= 4 is 11.4 Å². The van der Waals surface area contributed by atoms with Crippen LogP contribution in [-0.2, 0) is 4.74 Å². The number of ether oxygens (including phenoxy) is 1. The minimum atomic E-state index is -0.510. The fraction of sp³-hybridized carbons (Fsp3) is 0.846. The van der Waals surface area contributed by atoms with Crippen LogP contribution in [0, 0.1) is 11.1 Å². The Morgan fingerprint density at radius 1 is 1.42 bits per heavy atom. The van der Waals surface area contributed by atoms with E-state index in [-0.39, 0.29) is 5.92 Å². The molecule has 0 radical (unpaired) electrons. The first-order valence-corrected chi connectivity index (χ1v) is 7.03. The van der Waals surface area contributed by atoms with Crippen LogP contribution >= 0.6 is 0 Å². The molecule has 1 aliphatic carbocycles. The van der Waals surface area contributed by atoms with Crippen molar-refractivity contribution in [2.24, 2.45) is 11.1 Å². The predicted molar refractivity (Wildman–Crippen MR) is 70.6 cm³/mol. The minimum absolute atomic E-state index is 0.0316. The molecule has 3 aliphatic rings. The molecule has 0 aromatic carbocycles. The first kappa shape index (κ1) is 12.9. The van der Waals surface area contributed by atoms with Crippen LogP contribution in [0.15, 0.2) is 5.16 Å². The first-order valence-electron chi connectivity index (χ1n) is 7.03. The summed E-state index contributed by atoms with van der Waals surface area (Å²) in [5.41, 5.74) is 1.16. The van der Waals surface area contributed by atoms with Crippen molar-refractivity contribution in [1.82, 2.24) is 4.90 Å². The zero-order chi connectivity index (χ0) is 13.5. The van der Waals surface area contributed by atoms with E-state index in [2.05, 4.69) is 10.1 Å². The van der Waals surface area contributed by atoms with E-state index in [1.54, 1.807) is 0 Å². The van der Waals surface area contributed by atoms with Crippen LogP contribution in [0.2, 0.25) is 0 Å². The minimum Gasteiger partial charge on any atom is -0.622 e. The highest BCUT2D eigenvalue weighted by atomic mass is 16.5. The molecule has 2 heterocycles. The lowest BCUT2D eigenvalue weighted by Gasteiger charge is -2.38. The number of hydrogen-bond acceptors (Lipinski definition) is 5. The molecule has 19 heavy (non-hydrogen) atoms. The van der Waals surface area contributed by atoms with Gasteiger partial charge in [-0.05, 0) is 12.8 Å². The highest BCUT2D eigenvalue weighted by molar-refractivity contribution is 6.08. The number of fused-ring (bicyclic) bond motifs is 1. The molecule has 106 valence electrons. The molecule has 2 fully saturated rings. The summed E-state index contributed by atoms with van der Waals surface area (Å²) in [4.78, 5) is 2.21. The molecule has 2 aliphatic heterocycles. The molecule has 0 amide bonds. The maximum atomic E-state index is 12.7. The maximum absolute atomic E-state index is 12.7. The van der Waals surface area contributed by atoms with Gasteiger partial charge in [0.15, 0.2) is 5.71 Å². The van der Waals surface area contributed by atoms with Crippen LogP contribution < -0.4 is 0 Å². The summed E-state index contributed by atoms with van der Waals surface area (Å²) >= 11 is 0. The lowest BCUT2D eigenvalue weighted by atomic mass is 9.83. The highest BCUT2D eigenvalue weighted by Crippen LogP contribution is 2.38. The molecule has 2 unspecified atom stereocenters. The summed E-state index contributed by atoms with van der Waals surface area (Å²) in [6.45, 7) is 4.96. The third-order valence-corrected chi connectivity index (χ3v) is 4.78. The zero-order valence-electron chi connectivity index (χ0n) is 11.3.